The monoisotopic (exact) mass is 320 g/mol. The summed E-state index contributed by atoms with van der Waals surface area (Å²) in [5.41, 5.74) is 0.400. The second-order valence-corrected chi connectivity index (χ2v) is 6.81. The molecule has 0 aliphatic carbocycles. The van der Waals surface area contributed by atoms with Crippen molar-refractivity contribution < 1.29 is 17.6 Å². The largest absolute Gasteiger partial charge is 0.465 e. The first kappa shape index (κ1) is 16.0. The van der Waals surface area contributed by atoms with Gasteiger partial charge in [0.1, 0.15) is 5.76 Å². The van der Waals surface area contributed by atoms with Crippen LogP contribution in [0.25, 0.3) is 6.08 Å². The zero-order chi connectivity index (χ0) is 16.2. The SMILES string of the molecule is CN(C)S(=O)(=O)c1cccc(NC(=O)C=Cc2ccco2)c1. The van der Waals surface area contributed by atoms with E-state index >= 15 is 0 Å². The van der Waals surface area contributed by atoms with Crippen LogP contribution in [0.5, 0.6) is 0 Å². The van der Waals surface area contributed by atoms with E-state index in [2.05, 4.69) is 5.32 Å². The van der Waals surface area contributed by atoms with Gasteiger partial charge in [-0.25, -0.2) is 12.7 Å². The van der Waals surface area contributed by atoms with Crippen LogP contribution in [-0.2, 0) is 14.8 Å². The molecule has 0 radical (unpaired) electrons. The van der Waals surface area contributed by atoms with E-state index in [9.17, 15) is 13.2 Å². The van der Waals surface area contributed by atoms with Gasteiger partial charge in [-0.1, -0.05) is 6.07 Å². The summed E-state index contributed by atoms with van der Waals surface area (Å²) in [6.45, 7) is 0. The highest BCUT2D eigenvalue weighted by atomic mass is 32.2. The number of nitrogens with one attached hydrogen (secondary N) is 1. The van der Waals surface area contributed by atoms with Crippen molar-refractivity contribution in [2.24, 2.45) is 0 Å². The van der Waals surface area contributed by atoms with Crippen LogP contribution in [0.2, 0.25) is 0 Å². The minimum atomic E-state index is -3.53. The van der Waals surface area contributed by atoms with Crippen molar-refractivity contribution in [3.05, 3.63) is 54.5 Å². The van der Waals surface area contributed by atoms with Gasteiger partial charge in [-0.05, 0) is 36.4 Å². The fraction of sp³-hybridized carbons (Fsp3) is 0.133. The average molecular weight is 320 g/mol. The summed E-state index contributed by atoms with van der Waals surface area (Å²) < 4.78 is 30.3. The molecule has 0 bridgehead atoms. The van der Waals surface area contributed by atoms with Gasteiger partial charge in [0.2, 0.25) is 15.9 Å². The summed E-state index contributed by atoms with van der Waals surface area (Å²) >= 11 is 0. The third-order valence-electron chi connectivity index (χ3n) is 2.82. The van der Waals surface area contributed by atoms with Gasteiger partial charge < -0.3 is 9.73 Å². The third-order valence-corrected chi connectivity index (χ3v) is 4.63. The van der Waals surface area contributed by atoms with E-state index < -0.39 is 10.0 Å². The first-order valence-electron chi connectivity index (χ1n) is 6.45. The van der Waals surface area contributed by atoms with Crippen molar-refractivity contribution >= 4 is 27.7 Å². The molecule has 2 aromatic rings. The van der Waals surface area contributed by atoms with E-state index in [-0.39, 0.29) is 10.8 Å². The van der Waals surface area contributed by atoms with Crippen LogP contribution in [0.1, 0.15) is 5.76 Å². The van der Waals surface area contributed by atoms with E-state index in [1.165, 1.54) is 44.6 Å². The Balaban J connectivity index is 2.12. The molecular formula is C15H16N2O4S. The van der Waals surface area contributed by atoms with Crippen molar-refractivity contribution in [2.75, 3.05) is 19.4 Å². The van der Waals surface area contributed by atoms with Gasteiger partial charge in [-0.2, -0.15) is 0 Å². The van der Waals surface area contributed by atoms with Crippen LogP contribution in [-0.4, -0.2) is 32.7 Å². The molecule has 6 nitrogen and oxygen atoms in total. The first-order valence-corrected chi connectivity index (χ1v) is 7.89. The Bertz CT molecular complexity index is 778. The Labute approximate surface area is 129 Å². The van der Waals surface area contributed by atoms with E-state index in [1.807, 2.05) is 0 Å². The standard InChI is InChI=1S/C15H16N2O4S/c1-17(2)22(19,20)14-7-3-5-12(11-14)16-15(18)9-8-13-6-4-10-21-13/h3-11H,1-2H3,(H,16,18). The molecule has 1 N–H and O–H groups in total. The number of furan rings is 1. The number of carbonyl (C=O) groups is 1. The molecule has 22 heavy (non-hydrogen) atoms. The molecule has 1 heterocycles. The number of nitrogens with zero attached hydrogens (tertiary/aromatic N) is 1. The van der Waals surface area contributed by atoms with Gasteiger partial charge in [0, 0.05) is 25.9 Å². The number of rotatable bonds is 5. The summed E-state index contributed by atoms with van der Waals surface area (Å²) in [7, 11) is -0.632. The first-order chi connectivity index (χ1) is 10.4. The summed E-state index contributed by atoms with van der Waals surface area (Å²) in [4.78, 5) is 11.9. The Morgan fingerprint density at radius 2 is 2.00 bits per heavy atom. The zero-order valence-electron chi connectivity index (χ0n) is 12.2. The number of anilines is 1. The van der Waals surface area contributed by atoms with Crippen molar-refractivity contribution in [3.8, 4) is 0 Å². The van der Waals surface area contributed by atoms with Gasteiger partial charge >= 0.3 is 0 Å². The molecule has 0 aliphatic rings. The quantitative estimate of drug-likeness (QED) is 0.856. The van der Waals surface area contributed by atoms with Crippen molar-refractivity contribution in [2.45, 2.75) is 4.90 Å². The lowest BCUT2D eigenvalue weighted by Gasteiger charge is -2.12. The van der Waals surface area contributed by atoms with Gasteiger partial charge in [-0.3, -0.25) is 4.79 Å². The molecule has 7 heteroatoms. The molecule has 1 aromatic heterocycles. The molecular weight excluding hydrogens is 304 g/mol. The fourth-order valence-corrected chi connectivity index (χ4v) is 2.62. The highest BCUT2D eigenvalue weighted by Crippen LogP contribution is 2.18. The summed E-state index contributed by atoms with van der Waals surface area (Å²) in [6.07, 6.45) is 4.34. The molecule has 116 valence electrons. The summed E-state index contributed by atoms with van der Waals surface area (Å²) in [5, 5.41) is 2.61. The molecule has 0 fully saturated rings. The van der Waals surface area contributed by atoms with E-state index in [1.54, 1.807) is 24.3 Å². The second-order valence-electron chi connectivity index (χ2n) is 4.65. The van der Waals surface area contributed by atoms with E-state index in [0.717, 1.165) is 4.31 Å². The second kappa shape index (κ2) is 6.59. The van der Waals surface area contributed by atoms with Crippen molar-refractivity contribution in [1.29, 1.82) is 0 Å². The lowest BCUT2D eigenvalue weighted by Crippen LogP contribution is -2.22. The average Bonchev–Trinajstić information content (AvgIpc) is 2.98. The molecule has 0 aliphatic heterocycles. The van der Waals surface area contributed by atoms with E-state index in [4.69, 9.17) is 4.42 Å². The predicted molar refractivity (Wildman–Crippen MR) is 83.7 cm³/mol. The summed E-state index contributed by atoms with van der Waals surface area (Å²) in [5.74, 6) is 0.176. The van der Waals surface area contributed by atoms with Crippen LogP contribution in [0.15, 0.2) is 58.1 Å². The number of hydrogen-bond donors (Lipinski definition) is 1. The maximum Gasteiger partial charge on any atom is 0.248 e. The highest BCUT2D eigenvalue weighted by molar-refractivity contribution is 7.89. The molecule has 0 unspecified atom stereocenters. The fourth-order valence-electron chi connectivity index (χ4n) is 1.67. The molecule has 0 atom stereocenters. The number of carbonyl (C=O) groups excluding carboxylic acids is 1. The van der Waals surface area contributed by atoms with Gasteiger partial charge in [0.25, 0.3) is 0 Å². The van der Waals surface area contributed by atoms with Gasteiger partial charge in [0.15, 0.2) is 0 Å². The molecule has 1 aromatic carbocycles. The highest BCUT2D eigenvalue weighted by Gasteiger charge is 2.17. The Hall–Kier alpha value is -2.38. The molecule has 1 amide bonds. The zero-order valence-corrected chi connectivity index (χ0v) is 13.0. The molecule has 0 saturated carbocycles. The van der Waals surface area contributed by atoms with Crippen LogP contribution < -0.4 is 5.32 Å². The van der Waals surface area contributed by atoms with Gasteiger partial charge in [0.05, 0.1) is 11.2 Å². The minimum Gasteiger partial charge on any atom is -0.465 e. The maximum atomic E-state index is 12.0. The smallest absolute Gasteiger partial charge is 0.248 e. The number of amides is 1. The number of benzene rings is 1. The van der Waals surface area contributed by atoms with E-state index in [0.29, 0.717) is 11.4 Å². The molecule has 0 spiro atoms. The molecule has 0 saturated heterocycles. The van der Waals surface area contributed by atoms with Crippen LogP contribution >= 0.6 is 0 Å². The minimum absolute atomic E-state index is 0.116. The Morgan fingerprint density at radius 1 is 1.23 bits per heavy atom. The lowest BCUT2D eigenvalue weighted by atomic mass is 10.3. The van der Waals surface area contributed by atoms with Crippen molar-refractivity contribution in [1.82, 2.24) is 4.31 Å². The maximum absolute atomic E-state index is 12.0. The van der Waals surface area contributed by atoms with Crippen molar-refractivity contribution in [3.63, 3.8) is 0 Å². The predicted octanol–water partition coefficient (Wildman–Crippen LogP) is 2.18. The Morgan fingerprint density at radius 3 is 2.64 bits per heavy atom. The molecule has 2 rings (SSSR count). The lowest BCUT2D eigenvalue weighted by molar-refractivity contribution is -0.111. The van der Waals surface area contributed by atoms with Crippen LogP contribution in [0, 0.1) is 0 Å². The Kier molecular flexibility index (Phi) is 4.79. The normalized spacial score (nSPS) is 12.0. The number of sulfonamides is 1. The van der Waals surface area contributed by atoms with Gasteiger partial charge in [-0.15, -0.1) is 0 Å². The third kappa shape index (κ3) is 3.84. The van der Waals surface area contributed by atoms with Crippen LogP contribution in [0.4, 0.5) is 5.69 Å². The van der Waals surface area contributed by atoms with Crippen LogP contribution in [0.3, 0.4) is 0 Å². The number of hydrogen-bond acceptors (Lipinski definition) is 4. The topological polar surface area (TPSA) is 79.6 Å². The summed E-state index contributed by atoms with van der Waals surface area (Å²) in [6, 6.07) is 9.51.